The van der Waals surface area contributed by atoms with Gasteiger partial charge < -0.3 is 20.1 Å². The summed E-state index contributed by atoms with van der Waals surface area (Å²) in [5.41, 5.74) is -0.578. The fourth-order valence-electron chi connectivity index (χ4n) is 0.681. The summed E-state index contributed by atoms with van der Waals surface area (Å²) in [5.74, 6) is -3.86. The van der Waals surface area contributed by atoms with E-state index in [4.69, 9.17) is 15.3 Å². The van der Waals surface area contributed by atoms with E-state index in [9.17, 15) is 14.4 Å². The summed E-state index contributed by atoms with van der Waals surface area (Å²) in [7, 11) is 0. The first-order valence-electron chi connectivity index (χ1n) is 3.90. The first-order valence-corrected chi connectivity index (χ1v) is 3.90. The predicted octanol–water partition coefficient (Wildman–Crippen LogP) is -0.992. The Kier molecular flexibility index (Phi) is 5.72. The summed E-state index contributed by atoms with van der Waals surface area (Å²) in [6, 6.07) is 0. The van der Waals surface area contributed by atoms with Gasteiger partial charge in [-0.25, -0.2) is 9.59 Å². The van der Waals surface area contributed by atoms with E-state index in [2.05, 4.69) is 4.74 Å². The molecule has 0 aliphatic rings. The van der Waals surface area contributed by atoms with E-state index in [1.54, 1.807) is 0 Å². The number of hydrogen-bond acceptors (Lipinski definition) is 5. The Morgan fingerprint density at radius 3 is 2.20 bits per heavy atom. The number of rotatable bonds is 6. The van der Waals surface area contributed by atoms with Crippen molar-refractivity contribution in [2.75, 3.05) is 13.2 Å². The van der Waals surface area contributed by atoms with Crippen LogP contribution in [0.5, 0.6) is 0 Å². The van der Waals surface area contributed by atoms with Crippen LogP contribution in [0.2, 0.25) is 0 Å². The molecule has 0 aliphatic carbocycles. The van der Waals surface area contributed by atoms with Gasteiger partial charge in [-0.05, 0) is 0 Å². The van der Waals surface area contributed by atoms with Crippen molar-refractivity contribution in [3.63, 3.8) is 0 Å². The topological polar surface area (TPSA) is 121 Å². The molecule has 15 heavy (non-hydrogen) atoms. The van der Waals surface area contributed by atoms with Crippen molar-refractivity contribution in [1.82, 2.24) is 0 Å². The summed E-state index contributed by atoms with van der Waals surface area (Å²) in [4.78, 5) is 31.5. The summed E-state index contributed by atoms with van der Waals surface area (Å²) in [5, 5.41) is 25.1. The lowest BCUT2D eigenvalue weighted by molar-refractivity contribution is -0.141. The van der Waals surface area contributed by atoms with Gasteiger partial charge in [-0.2, -0.15) is 0 Å². The highest BCUT2D eigenvalue weighted by atomic mass is 16.5. The second kappa shape index (κ2) is 6.55. The molecule has 0 bridgehead atoms. The molecule has 0 aromatic rings. The van der Waals surface area contributed by atoms with Gasteiger partial charge >= 0.3 is 17.9 Å². The Morgan fingerprint density at radius 2 is 1.80 bits per heavy atom. The number of carboxylic acid groups (broad SMARTS) is 2. The summed E-state index contributed by atoms with van der Waals surface area (Å²) in [6.45, 7) is -0.657. The molecule has 0 radical (unpaired) electrons. The molecular formula is C8H10O7. The number of hydrogen-bond donors (Lipinski definition) is 3. The zero-order chi connectivity index (χ0) is 11.8. The maximum Gasteiger partial charge on any atom is 0.332 e. The van der Waals surface area contributed by atoms with Crippen LogP contribution in [0.25, 0.3) is 0 Å². The Balaban J connectivity index is 4.46. The van der Waals surface area contributed by atoms with Crippen LogP contribution in [-0.4, -0.2) is 46.4 Å². The molecule has 0 saturated carbocycles. The Bertz CT molecular complexity index is 291. The van der Waals surface area contributed by atoms with Gasteiger partial charge in [0.1, 0.15) is 6.61 Å². The molecule has 3 N–H and O–H groups in total. The predicted molar refractivity (Wildman–Crippen MR) is 46.0 cm³/mol. The summed E-state index contributed by atoms with van der Waals surface area (Å²) in [6.07, 6.45) is -0.199. The minimum Gasteiger partial charge on any atom is -0.481 e. The van der Waals surface area contributed by atoms with Crippen molar-refractivity contribution in [2.45, 2.75) is 6.42 Å². The standard InChI is InChI=1S/C8H10O7/c9-1-2-15-7(12)4-5(8(13)14)3-6(10)11/h4,9H,1-3H2,(H,10,11)(H,13,14). The molecular weight excluding hydrogens is 208 g/mol. The molecule has 0 aromatic heterocycles. The molecule has 0 unspecified atom stereocenters. The number of carbonyl (C=O) groups is 3. The second-order valence-corrected chi connectivity index (χ2v) is 2.44. The van der Waals surface area contributed by atoms with E-state index in [1.165, 1.54) is 0 Å². The first kappa shape index (κ1) is 13.1. The number of aliphatic hydroxyl groups excluding tert-OH is 1. The number of aliphatic carboxylic acids is 2. The van der Waals surface area contributed by atoms with Gasteiger partial charge in [0.2, 0.25) is 0 Å². The van der Waals surface area contributed by atoms with Gasteiger partial charge in [0, 0.05) is 6.08 Å². The van der Waals surface area contributed by atoms with Crippen LogP contribution in [0.1, 0.15) is 6.42 Å². The lowest BCUT2D eigenvalue weighted by atomic mass is 10.2. The smallest absolute Gasteiger partial charge is 0.332 e. The van der Waals surface area contributed by atoms with Gasteiger partial charge in [-0.3, -0.25) is 4.79 Å². The molecule has 0 aromatic carbocycles. The average molecular weight is 218 g/mol. The zero-order valence-corrected chi connectivity index (χ0v) is 7.67. The van der Waals surface area contributed by atoms with Crippen molar-refractivity contribution in [3.8, 4) is 0 Å². The molecule has 0 amide bonds. The highest BCUT2D eigenvalue weighted by Crippen LogP contribution is 2.02. The molecule has 0 atom stereocenters. The fraction of sp³-hybridized carbons (Fsp3) is 0.375. The van der Waals surface area contributed by atoms with E-state index in [-0.39, 0.29) is 13.2 Å². The van der Waals surface area contributed by atoms with Crippen LogP contribution >= 0.6 is 0 Å². The van der Waals surface area contributed by atoms with Gasteiger partial charge in [0.25, 0.3) is 0 Å². The number of aliphatic hydroxyl groups is 1. The summed E-state index contributed by atoms with van der Waals surface area (Å²) < 4.78 is 4.33. The first-order chi connectivity index (χ1) is 6.97. The van der Waals surface area contributed by atoms with Crippen LogP contribution in [0.4, 0.5) is 0 Å². The van der Waals surface area contributed by atoms with Crippen molar-refractivity contribution in [1.29, 1.82) is 0 Å². The van der Waals surface area contributed by atoms with Crippen molar-refractivity contribution in [2.24, 2.45) is 0 Å². The number of ether oxygens (including phenoxy) is 1. The molecule has 7 heteroatoms. The monoisotopic (exact) mass is 218 g/mol. The lowest BCUT2D eigenvalue weighted by Crippen LogP contribution is -2.11. The van der Waals surface area contributed by atoms with Crippen LogP contribution in [0, 0.1) is 0 Å². The molecule has 0 saturated heterocycles. The number of esters is 1. The van der Waals surface area contributed by atoms with Gasteiger partial charge in [0.05, 0.1) is 18.6 Å². The Morgan fingerprint density at radius 1 is 1.20 bits per heavy atom. The third-order valence-electron chi connectivity index (χ3n) is 1.24. The second-order valence-electron chi connectivity index (χ2n) is 2.44. The van der Waals surface area contributed by atoms with E-state index in [0.29, 0.717) is 6.08 Å². The lowest BCUT2D eigenvalue weighted by Gasteiger charge is -2.00. The normalized spacial score (nSPS) is 10.9. The third kappa shape index (κ3) is 6.22. The van der Waals surface area contributed by atoms with Gasteiger partial charge in [0.15, 0.2) is 0 Å². The molecule has 0 heterocycles. The third-order valence-corrected chi connectivity index (χ3v) is 1.24. The van der Waals surface area contributed by atoms with Crippen molar-refractivity contribution in [3.05, 3.63) is 11.6 Å². The van der Waals surface area contributed by atoms with Gasteiger partial charge in [-0.15, -0.1) is 0 Å². The Hall–Kier alpha value is -1.89. The highest BCUT2D eigenvalue weighted by Gasteiger charge is 2.14. The molecule has 0 aliphatic heterocycles. The zero-order valence-electron chi connectivity index (χ0n) is 7.67. The van der Waals surface area contributed by atoms with Crippen molar-refractivity contribution >= 4 is 17.9 Å². The fourth-order valence-corrected chi connectivity index (χ4v) is 0.681. The van der Waals surface area contributed by atoms with Crippen LogP contribution < -0.4 is 0 Å². The maximum absolute atomic E-state index is 10.8. The maximum atomic E-state index is 10.8. The average Bonchev–Trinajstić information content (AvgIpc) is 2.12. The van der Waals surface area contributed by atoms with E-state index >= 15 is 0 Å². The SMILES string of the molecule is O=C(O)CC(=CC(=O)OCCO)C(=O)O. The van der Waals surface area contributed by atoms with Crippen LogP contribution in [-0.2, 0) is 19.1 Å². The van der Waals surface area contributed by atoms with E-state index < -0.39 is 29.9 Å². The minimum atomic E-state index is -1.50. The van der Waals surface area contributed by atoms with Crippen LogP contribution in [0.15, 0.2) is 11.6 Å². The number of carbonyl (C=O) groups excluding carboxylic acids is 1. The van der Waals surface area contributed by atoms with Crippen molar-refractivity contribution < 1.29 is 34.4 Å². The van der Waals surface area contributed by atoms with Gasteiger partial charge in [-0.1, -0.05) is 0 Å². The molecule has 7 nitrogen and oxygen atoms in total. The largest absolute Gasteiger partial charge is 0.481 e. The van der Waals surface area contributed by atoms with E-state index in [0.717, 1.165) is 0 Å². The number of carboxylic acids is 2. The van der Waals surface area contributed by atoms with Crippen LogP contribution in [0.3, 0.4) is 0 Å². The molecule has 0 spiro atoms. The Labute approximate surface area is 84.6 Å². The quantitative estimate of drug-likeness (QED) is 0.386. The van der Waals surface area contributed by atoms with E-state index in [1.807, 2.05) is 0 Å². The summed E-state index contributed by atoms with van der Waals surface area (Å²) >= 11 is 0. The minimum absolute atomic E-state index is 0.269. The molecule has 84 valence electrons. The molecule has 0 fully saturated rings. The molecule has 0 rings (SSSR count). The highest BCUT2D eigenvalue weighted by molar-refractivity contribution is 5.98.